The number of sulfone groups is 1. The number of hydrogen-bond acceptors (Lipinski definition) is 5. The van der Waals surface area contributed by atoms with Crippen LogP contribution in [-0.2, 0) is 14.6 Å². The van der Waals surface area contributed by atoms with Crippen LogP contribution in [0.4, 0.5) is 0 Å². The Morgan fingerprint density at radius 1 is 1.40 bits per heavy atom. The molecule has 0 aliphatic heterocycles. The molecule has 92 valence electrons. The quantitative estimate of drug-likeness (QED) is 0.643. The molecule has 1 N–H and O–H groups in total. The van der Waals surface area contributed by atoms with Crippen molar-refractivity contribution in [1.29, 1.82) is 0 Å². The van der Waals surface area contributed by atoms with Crippen molar-refractivity contribution in [3.8, 4) is 0 Å². The third-order valence-corrected chi connectivity index (χ3v) is 3.85. The van der Waals surface area contributed by atoms with E-state index in [0.717, 1.165) is 0 Å². The topological polar surface area (TPSA) is 63.6 Å². The number of aliphatic hydroxyl groups is 1. The molecule has 0 aromatic heterocycles. The van der Waals surface area contributed by atoms with E-state index in [1.807, 2.05) is 13.8 Å². The average molecular weight is 256 g/mol. The lowest BCUT2D eigenvalue weighted by Crippen LogP contribution is -2.21. The van der Waals surface area contributed by atoms with Crippen molar-refractivity contribution in [2.45, 2.75) is 26.1 Å². The summed E-state index contributed by atoms with van der Waals surface area (Å²) in [5.41, 5.74) is 0. The second kappa shape index (κ2) is 7.49. The van der Waals surface area contributed by atoms with Gasteiger partial charge in [-0.3, -0.25) is 0 Å². The fraction of sp³-hybridized carbons (Fsp3) is 1.00. The van der Waals surface area contributed by atoms with E-state index < -0.39 is 15.9 Å². The van der Waals surface area contributed by atoms with Crippen LogP contribution in [0.1, 0.15) is 13.8 Å². The number of ether oxygens (including phenoxy) is 1. The predicted molar refractivity (Wildman–Crippen MR) is 64.1 cm³/mol. The van der Waals surface area contributed by atoms with Gasteiger partial charge in [-0.2, -0.15) is 11.8 Å². The molecule has 0 aliphatic rings. The molecule has 1 unspecified atom stereocenters. The zero-order valence-corrected chi connectivity index (χ0v) is 11.1. The minimum absolute atomic E-state index is 0.112. The SMILES string of the molecule is CC(C)OCC(O)CSCCS(C)(=O)=O. The van der Waals surface area contributed by atoms with Crippen LogP contribution >= 0.6 is 11.8 Å². The van der Waals surface area contributed by atoms with Crippen molar-refractivity contribution < 1.29 is 18.3 Å². The molecule has 0 aromatic rings. The van der Waals surface area contributed by atoms with Crippen molar-refractivity contribution in [3.05, 3.63) is 0 Å². The first-order valence-corrected chi connectivity index (χ1v) is 8.08. The average Bonchev–Trinajstić information content (AvgIpc) is 2.07. The maximum atomic E-state index is 10.8. The van der Waals surface area contributed by atoms with E-state index in [9.17, 15) is 13.5 Å². The van der Waals surface area contributed by atoms with Gasteiger partial charge >= 0.3 is 0 Å². The first-order valence-electron chi connectivity index (χ1n) is 4.86. The summed E-state index contributed by atoms with van der Waals surface area (Å²) < 4.78 is 26.8. The number of hydrogen-bond donors (Lipinski definition) is 1. The second-order valence-electron chi connectivity index (χ2n) is 3.74. The van der Waals surface area contributed by atoms with Crippen molar-refractivity contribution >= 4 is 21.6 Å². The van der Waals surface area contributed by atoms with E-state index in [1.165, 1.54) is 18.0 Å². The minimum Gasteiger partial charge on any atom is -0.390 e. The molecule has 0 aliphatic carbocycles. The summed E-state index contributed by atoms with van der Waals surface area (Å²) in [4.78, 5) is 0. The van der Waals surface area contributed by atoms with E-state index in [1.54, 1.807) is 0 Å². The molecule has 0 aromatic carbocycles. The Morgan fingerprint density at radius 2 is 2.00 bits per heavy atom. The van der Waals surface area contributed by atoms with Crippen LogP contribution in [0.5, 0.6) is 0 Å². The van der Waals surface area contributed by atoms with Crippen LogP contribution < -0.4 is 0 Å². The molecule has 1 atom stereocenters. The maximum Gasteiger partial charge on any atom is 0.148 e. The molecule has 0 radical (unpaired) electrons. The third-order valence-electron chi connectivity index (χ3n) is 1.53. The first-order chi connectivity index (χ1) is 6.81. The van der Waals surface area contributed by atoms with Gasteiger partial charge in [0, 0.05) is 17.8 Å². The lowest BCUT2D eigenvalue weighted by molar-refractivity contribution is 0.0152. The van der Waals surface area contributed by atoms with Gasteiger partial charge in [-0.05, 0) is 13.8 Å². The Bertz CT molecular complexity index is 249. The number of thioether (sulfide) groups is 1. The lowest BCUT2D eigenvalue weighted by atomic mass is 10.4. The summed E-state index contributed by atoms with van der Waals surface area (Å²) in [6, 6.07) is 0. The zero-order chi connectivity index (χ0) is 11.9. The zero-order valence-electron chi connectivity index (χ0n) is 9.47. The molecule has 6 heteroatoms. The Balaban J connectivity index is 3.43. The molecule has 0 saturated heterocycles. The number of aliphatic hydroxyl groups excluding tert-OH is 1. The normalized spacial score (nSPS) is 14.5. The highest BCUT2D eigenvalue weighted by atomic mass is 32.2. The van der Waals surface area contributed by atoms with Gasteiger partial charge in [-0.1, -0.05) is 0 Å². The molecule has 0 bridgehead atoms. The van der Waals surface area contributed by atoms with Gasteiger partial charge in [0.05, 0.1) is 24.6 Å². The monoisotopic (exact) mass is 256 g/mol. The second-order valence-corrected chi connectivity index (χ2v) is 7.15. The molecule has 0 rings (SSSR count). The van der Waals surface area contributed by atoms with Crippen LogP contribution in [0, 0.1) is 0 Å². The van der Waals surface area contributed by atoms with E-state index in [-0.39, 0.29) is 11.9 Å². The van der Waals surface area contributed by atoms with Gasteiger partial charge in [-0.15, -0.1) is 0 Å². The predicted octanol–water partition coefficient (Wildman–Crippen LogP) is 0.550. The Hall–Kier alpha value is 0.220. The summed E-state index contributed by atoms with van der Waals surface area (Å²) >= 11 is 1.43. The van der Waals surface area contributed by atoms with Gasteiger partial charge in [-0.25, -0.2) is 8.42 Å². The van der Waals surface area contributed by atoms with E-state index >= 15 is 0 Å². The molecule has 4 nitrogen and oxygen atoms in total. The highest BCUT2D eigenvalue weighted by Crippen LogP contribution is 2.05. The van der Waals surface area contributed by atoms with Crippen LogP contribution in [-0.4, -0.2) is 55.9 Å². The molecule has 0 saturated carbocycles. The van der Waals surface area contributed by atoms with Gasteiger partial charge in [0.15, 0.2) is 0 Å². The fourth-order valence-corrected chi connectivity index (χ4v) is 3.00. The fourth-order valence-electron chi connectivity index (χ4n) is 0.781. The van der Waals surface area contributed by atoms with Crippen LogP contribution in [0.25, 0.3) is 0 Å². The Morgan fingerprint density at radius 3 is 2.47 bits per heavy atom. The summed E-state index contributed by atoms with van der Waals surface area (Å²) in [5.74, 6) is 1.20. The van der Waals surface area contributed by atoms with Crippen LogP contribution in [0.3, 0.4) is 0 Å². The van der Waals surface area contributed by atoms with Crippen LogP contribution in [0.2, 0.25) is 0 Å². The van der Waals surface area contributed by atoms with Gasteiger partial charge in [0.25, 0.3) is 0 Å². The van der Waals surface area contributed by atoms with Gasteiger partial charge < -0.3 is 9.84 Å². The van der Waals surface area contributed by atoms with E-state index in [0.29, 0.717) is 18.1 Å². The molecular weight excluding hydrogens is 236 g/mol. The Kier molecular flexibility index (Phi) is 7.60. The van der Waals surface area contributed by atoms with Crippen molar-refractivity contribution in [2.24, 2.45) is 0 Å². The van der Waals surface area contributed by atoms with E-state index in [2.05, 4.69) is 0 Å². The molecule has 15 heavy (non-hydrogen) atoms. The van der Waals surface area contributed by atoms with Crippen molar-refractivity contribution in [3.63, 3.8) is 0 Å². The summed E-state index contributed by atoms with van der Waals surface area (Å²) in [6.45, 7) is 4.12. The first kappa shape index (κ1) is 15.2. The van der Waals surface area contributed by atoms with Crippen molar-refractivity contribution in [2.75, 3.05) is 30.1 Å². The van der Waals surface area contributed by atoms with Gasteiger partial charge in [0.1, 0.15) is 9.84 Å². The van der Waals surface area contributed by atoms with Gasteiger partial charge in [0.2, 0.25) is 0 Å². The smallest absolute Gasteiger partial charge is 0.148 e. The minimum atomic E-state index is -2.88. The molecule has 0 spiro atoms. The summed E-state index contributed by atoms with van der Waals surface area (Å²) in [5, 5.41) is 9.43. The molecule has 0 fully saturated rings. The largest absolute Gasteiger partial charge is 0.390 e. The highest BCUT2D eigenvalue weighted by molar-refractivity contribution is 8.00. The summed E-state index contributed by atoms with van der Waals surface area (Å²) in [7, 11) is -2.88. The standard InChI is InChI=1S/C9H20O4S2/c1-8(2)13-6-9(10)7-14-4-5-15(3,11)12/h8-10H,4-7H2,1-3H3. The lowest BCUT2D eigenvalue weighted by Gasteiger charge is -2.12. The van der Waals surface area contributed by atoms with E-state index in [4.69, 9.17) is 4.74 Å². The van der Waals surface area contributed by atoms with Crippen molar-refractivity contribution in [1.82, 2.24) is 0 Å². The third kappa shape index (κ3) is 12.2. The summed E-state index contributed by atoms with van der Waals surface area (Å²) in [6.07, 6.45) is 0.809. The highest BCUT2D eigenvalue weighted by Gasteiger charge is 2.07. The molecule has 0 amide bonds. The maximum absolute atomic E-state index is 10.8. The Labute approximate surface area is 96.3 Å². The molecular formula is C9H20O4S2. The number of rotatable bonds is 8. The molecule has 0 heterocycles. The van der Waals surface area contributed by atoms with Crippen LogP contribution in [0.15, 0.2) is 0 Å².